The van der Waals surface area contributed by atoms with Gasteiger partial charge in [-0.05, 0) is 21.8 Å². The standard InChI is InChI=1S/C11H11BrN4/c1-7(2)5-16-6-9(12)8-4-14-10(3-13)15-11(8)16/h4,6-7H,5H2,1-2H3. The summed E-state index contributed by atoms with van der Waals surface area (Å²) in [4.78, 5) is 8.19. The van der Waals surface area contributed by atoms with Gasteiger partial charge in [-0.1, -0.05) is 13.8 Å². The molecule has 4 nitrogen and oxygen atoms in total. The normalized spacial score (nSPS) is 10.9. The van der Waals surface area contributed by atoms with Crippen LogP contribution in [0.1, 0.15) is 19.7 Å². The third-order valence-electron chi connectivity index (χ3n) is 2.23. The third-order valence-corrected chi connectivity index (χ3v) is 2.86. The summed E-state index contributed by atoms with van der Waals surface area (Å²) in [7, 11) is 0. The highest BCUT2D eigenvalue weighted by atomic mass is 79.9. The Kier molecular flexibility index (Phi) is 2.92. The Bertz CT molecular complexity index is 565. The summed E-state index contributed by atoms with van der Waals surface area (Å²) in [6.45, 7) is 5.17. The lowest BCUT2D eigenvalue weighted by molar-refractivity contribution is 0.532. The van der Waals surface area contributed by atoms with E-state index in [1.807, 2.05) is 16.8 Å². The van der Waals surface area contributed by atoms with Crippen LogP contribution in [-0.2, 0) is 6.54 Å². The Morgan fingerprint density at radius 2 is 2.31 bits per heavy atom. The predicted molar refractivity (Wildman–Crippen MR) is 64.8 cm³/mol. The summed E-state index contributed by atoms with van der Waals surface area (Å²) in [6.07, 6.45) is 3.67. The van der Waals surface area contributed by atoms with Gasteiger partial charge in [-0.25, -0.2) is 9.97 Å². The summed E-state index contributed by atoms with van der Waals surface area (Å²) in [5.74, 6) is 0.742. The summed E-state index contributed by atoms with van der Waals surface area (Å²) in [5.41, 5.74) is 0.812. The molecule has 2 aromatic heterocycles. The Morgan fingerprint density at radius 3 is 2.94 bits per heavy atom. The molecule has 0 aliphatic heterocycles. The number of halogens is 1. The van der Waals surface area contributed by atoms with Gasteiger partial charge in [0.05, 0.1) is 5.39 Å². The van der Waals surface area contributed by atoms with Crippen molar-refractivity contribution in [2.24, 2.45) is 5.92 Å². The SMILES string of the molecule is CC(C)Cn1cc(Br)c2cnc(C#N)nc21. The van der Waals surface area contributed by atoms with Crippen LogP contribution in [-0.4, -0.2) is 14.5 Å². The van der Waals surface area contributed by atoms with E-state index in [0.717, 1.165) is 22.1 Å². The molecule has 0 bridgehead atoms. The van der Waals surface area contributed by atoms with E-state index in [2.05, 4.69) is 39.7 Å². The predicted octanol–water partition coefficient (Wildman–Crippen LogP) is 2.72. The molecule has 0 unspecified atom stereocenters. The molecule has 5 heteroatoms. The quantitative estimate of drug-likeness (QED) is 0.849. The van der Waals surface area contributed by atoms with Gasteiger partial charge >= 0.3 is 0 Å². The van der Waals surface area contributed by atoms with E-state index >= 15 is 0 Å². The first-order valence-electron chi connectivity index (χ1n) is 5.03. The van der Waals surface area contributed by atoms with Crippen LogP contribution in [0.4, 0.5) is 0 Å². The highest BCUT2D eigenvalue weighted by molar-refractivity contribution is 9.10. The molecule has 82 valence electrons. The Labute approximate surface area is 102 Å². The van der Waals surface area contributed by atoms with Gasteiger partial charge in [0.1, 0.15) is 11.7 Å². The van der Waals surface area contributed by atoms with E-state index < -0.39 is 0 Å². The number of nitrogens with zero attached hydrogens (tertiary/aromatic N) is 4. The number of rotatable bonds is 2. The van der Waals surface area contributed by atoms with Gasteiger partial charge in [-0.3, -0.25) is 0 Å². The van der Waals surface area contributed by atoms with Crippen molar-refractivity contribution in [1.82, 2.24) is 14.5 Å². The van der Waals surface area contributed by atoms with Gasteiger partial charge in [0.15, 0.2) is 0 Å². The van der Waals surface area contributed by atoms with Crippen molar-refractivity contribution < 1.29 is 0 Å². The molecule has 2 heterocycles. The van der Waals surface area contributed by atoms with Crippen molar-refractivity contribution in [3.63, 3.8) is 0 Å². The molecule has 2 aromatic rings. The smallest absolute Gasteiger partial charge is 0.234 e. The molecule has 0 spiro atoms. The molecule has 0 aliphatic rings. The van der Waals surface area contributed by atoms with Gasteiger partial charge in [-0.2, -0.15) is 5.26 Å². The Morgan fingerprint density at radius 1 is 1.56 bits per heavy atom. The second kappa shape index (κ2) is 4.22. The molecule has 2 rings (SSSR count). The van der Waals surface area contributed by atoms with Gasteiger partial charge < -0.3 is 4.57 Å². The number of hydrogen-bond acceptors (Lipinski definition) is 3. The number of aromatic nitrogens is 3. The minimum Gasteiger partial charge on any atom is -0.331 e. The monoisotopic (exact) mass is 278 g/mol. The molecule has 0 radical (unpaired) electrons. The fraction of sp³-hybridized carbons (Fsp3) is 0.364. The van der Waals surface area contributed by atoms with E-state index in [4.69, 9.17) is 5.26 Å². The lowest BCUT2D eigenvalue weighted by Crippen LogP contribution is -2.04. The fourth-order valence-corrected chi connectivity index (χ4v) is 2.14. The second-order valence-corrected chi connectivity index (χ2v) is 4.92. The van der Waals surface area contributed by atoms with Crippen LogP contribution in [0.3, 0.4) is 0 Å². The maximum Gasteiger partial charge on any atom is 0.234 e. The molecule has 0 N–H and O–H groups in total. The topological polar surface area (TPSA) is 54.5 Å². The van der Waals surface area contributed by atoms with Crippen LogP contribution < -0.4 is 0 Å². The first-order valence-corrected chi connectivity index (χ1v) is 5.82. The third kappa shape index (κ3) is 1.93. The van der Waals surface area contributed by atoms with Crippen molar-refractivity contribution >= 4 is 27.0 Å². The zero-order chi connectivity index (χ0) is 11.7. The maximum absolute atomic E-state index is 8.78. The van der Waals surface area contributed by atoms with E-state index in [9.17, 15) is 0 Å². The van der Waals surface area contributed by atoms with Gasteiger partial charge in [0, 0.05) is 23.4 Å². The molecule has 0 saturated heterocycles. The lowest BCUT2D eigenvalue weighted by Gasteiger charge is -2.06. The molecule has 16 heavy (non-hydrogen) atoms. The van der Waals surface area contributed by atoms with Crippen LogP contribution in [0.15, 0.2) is 16.9 Å². The van der Waals surface area contributed by atoms with E-state index in [-0.39, 0.29) is 5.82 Å². The maximum atomic E-state index is 8.78. The fourth-order valence-electron chi connectivity index (χ4n) is 1.61. The zero-order valence-electron chi connectivity index (χ0n) is 9.11. The minimum absolute atomic E-state index is 0.211. The van der Waals surface area contributed by atoms with Crippen LogP contribution >= 0.6 is 15.9 Å². The molecular weight excluding hydrogens is 268 g/mol. The highest BCUT2D eigenvalue weighted by Gasteiger charge is 2.10. The van der Waals surface area contributed by atoms with Crippen molar-refractivity contribution in [2.75, 3.05) is 0 Å². The average molecular weight is 279 g/mol. The number of fused-ring (bicyclic) bond motifs is 1. The summed E-state index contributed by atoms with van der Waals surface area (Å²) < 4.78 is 3.01. The molecular formula is C11H11BrN4. The Balaban J connectivity index is 2.61. The minimum atomic E-state index is 0.211. The first-order chi connectivity index (χ1) is 7.61. The molecule has 0 fully saturated rings. The average Bonchev–Trinajstić information content (AvgIpc) is 2.54. The van der Waals surface area contributed by atoms with Crippen molar-refractivity contribution in [2.45, 2.75) is 20.4 Å². The number of hydrogen-bond donors (Lipinski definition) is 0. The summed E-state index contributed by atoms with van der Waals surface area (Å²) >= 11 is 3.47. The molecule has 0 saturated carbocycles. The second-order valence-electron chi connectivity index (χ2n) is 4.07. The van der Waals surface area contributed by atoms with E-state index in [1.165, 1.54) is 0 Å². The summed E-state index contributed by atoms with van der Waals surface area (Å²) in [6, 6.07) is 1.96. The number of nitriles is 1. The largest absolute Gasteiger partial charge is 0.331 e. The van der Waals surface area contributed by atoms with Crippen molar-refractivity contribution in [1.29, 1.82) is 5.26 Å². The van der Waals surface area contributed by atoms with Crippen LogP contribution in [0, 0.1) is 17.2 Å². The van der Waals surface area contributed by atoms with Crippen LogP contribution in [0.5, 0.6) is 0 Å². The molecule has 0 atom stereocenters. The van der Waals surface area contributed by atoms with Crippen molar-refractivity contribution in [3.05, 3.63) is 22.7 Å². The van der Waals surface area contributed by atoms with Gasteiger partial charge in [-0.15, -0.1) is 0 Å². The van der Waals surface area contributed by atoms with Crippen LogP contribution in [0.25, 0.3) is 11.0 Å². The van der Waals surface area contributed by atoms with Crippen LogP contribution in [0.2, 0.25) is 0 Å². The van der Waals surface area contributed by atoms with E-state index in [1.54, 1.807) is 6.20 Å². The highest BCUT2D eigenvalue weighted by Crippen LogP contribution is 2.24. The van der Waals surface area contributed by atoms with Crippen molar-refractivity contribution in [3.8, 4) is 6.07 Å². The van der Waals surface area contributed by atoms with Gasteiger partial charge in [0.25, 0.3) is 0 Å². The zero-order valence-corrected chi connectivity index (χ0v) is 10.7. The first kappa shape index (κ1) is 11.1. The summed E-state index contributed by atoms with van der Waals surface area (Å²) in [5, 5.41) is 9.72. The Hall–Kier alpha value is -1.41. The van der Waals surface area contributed by atoms with Gasteiger partial charge in [0.2, 0.25) is 5.82 Å². The molecule has 0 amide bonds. The lowest BCUT2D eigenvalue weighted by atomic mass is 10.2. The molecule has 0 aromatic carbocycles. The molecule has 0 aliphatic carbocycles. The van der Waals surface area contributed by atoms with E-state index in [0.29, 0.717) is 5.92 Å².